The third kappa shape index (κ3) is 3.61. The van der Waals surface area contributed by atoms with Crippen molar-refractivity contribution in [3.63, 3.8) is 0 Å². The van der Waals surface area contributed by atoms with Crippen molar-refractivity contribution in [2.75, 3.05) is 14.1 Å². The van der Waals surface area contributed by atoms with Crippen molar-refractivity contribution in [2.24, 2.45) is 0 Å². The number of aromatic hydroxyl groups is 1. The number of hydrogen-bond acceptors (Lipinski definition) is 2. The Kier molecular flexibility index (Phi) is 4.33. The molecular weight excluding hydrogens is 202 g/mol. The standard InChI is InChI=1S/C10H8O.C3H7NO/c11-10-6-5-8-3-1-2-4-9(8)7-10;1-4(2)3-5/h1-7,11H;3H,1-2H3. The summed E-state index contributed by atoms with van der Waals surface area (Å²) in [5.41, 5.74) is 0. The minimum atomic E-state index is 0.323. The van der Waals surface area contributed by atoms with E-state index in [1.807, 2.05) is 30.3 Å². The van der Waals surface area contributed by atoms with Gasteiger partial charge in [-0.1, -0.05) is 30.3 Å². The van der Waals surface area contributed by atoms with Crippen LogP contribution in [0.3, 0.4) is 0 Å². The molecule has 0 aliphatic heterocycles. The lowest BCUT2D eigenvalue weighted by atomic mass is 10.1. The van der Waals surface area contributed by atoms with Gasteiger partial charge in [-0.15, -0.1) is 0 Å². The number of amides is 1. The number of carbonyl (C=O) groups is 1. The molecule has 0 bridgehead atoms. The first-order valence-corrected chi connectivity index (χ1v) is 4.93. The van der Waals surface area contributed by atoms with E-state index in [9.17, 15) is 4.79 Å². The van der Waals surface area contributed by atoms with Crippen molar-refractivity contribution in [3.05, 3.63) is 42.5 Å². The molecule has 0 atom stereocenters. The van der Waals surface area contributed by atoms with Crippen LogP contribution >= 0.6 is 0 Å². The molecular formula is C13H15NO2. The van der Waals surface area contributed by atoms with Gasteiger partial charge in [-0.05, 0) is 22.9 Å². The van der Waals surface area contributed by atoms with Crippen molar-refractivity contribution >= 4 is 17.2 Å². The zero-order valence-electron chi connectivity index (χ0n) is 9.42. The molecule has 1 amide bonds. The fourth-order valence-corrected chi connectivity index (χ4v) is 1.18. The molecule has 0 unspecified atom stereocenters. The number of hydrogen-bond donors (Lipinski definition) is 1. The molecule has 0 fully saturated rings. The van der Waals surface area contributed by atoms with Crippen LogP contribution in [0.4, 0.5) is 0 Å². The van der Waals surface area contributed by atoms with Gasteiger partial charge in [0.05, 0.1) is 0 Å². The fourth-order valence-electron chi connectivity index (χ4n) is 1.18. The van der Waals surface area contributed by atoms with Crippen LogP contribution < -0.4 is 0 Å². The minimum absolute atomic E-state index is 0.323. The van der Waals surface area contributed by atoms with E-state index in [4.69, 9.17) is 5.11 Å². The van der Waals surface area contributed by atoms with Gasteiger partial charge in [0.25, 0.3) is 0 Å². The highest BCUT2D eigenvalue weighted by Gasteiger charge is 1.91. The van der Waals surface area contributed by atoms with E-state index in [0.717, 1.165) is 17.2 Å². The molecule has 0 radical (unpaired) electrons. The number of benzene rings is 2. The topological polar surface area (TPSA) is 40.5 Å². The summed E-state index contributed by atoms with van der Waals surface area (Å²) in [4.78, 5) is 10.9. The summed E-state index contributed by atoms with van der Waals surface area (Å²) in [5, 5.41) is 11.4. The van der Waals surface area contributed by atoms with Crippen LogP contribution in [0.15, 0.2) is 42.5 Å². The average molecular weight is 217 g/mol. The normalized spacial score (nSPS) is 9.12. The summed E-state index contributed by atoms with van der Waals surface area (Å²) in [6.45, 7) is 0. The Morgan fingerprint density at radius 3 is 2.19 bits per heavy atom. The molecule has 0 aromatic heterocycles. The molecule has 16 heavy (non-hydrogen) atoms. The van der Waals surface area contributed by atoms with Gasteiger partial charge in [0.15, 0.2) is 0 Å². The van der Waals surface area contributed by atoms with Crippen LogP contribution in [0.1, 0.15) is 0 Å². The Morgan fingerprint density at radius 1 is 1.06 bits per heavy atom. The van der Waals surface area contributed by atoms with Gasteiger partial charge >= 0.3 is 0 Å². The second-order valence-electron chi connectivity index (χ2n) is 3.60. The van der Waals surface area contributed by atoms with Gasteiger partial charge in [0.1, 0.15) is 5.75 Å². The van der Waals surface area contributed by atoms with Gasteiger partial charge in [-0.25, -0.2) is 0 Å². The summed E-state index contributed by atoms with van der Waals surface area (Å²) in [6.07, 6.45) is 0.750. The average Bonchev–Trinajstić information content (AvgIpc) is 2.29. The van der Waals surface area contributed by atoms with E-state index in [-0.39, 0.29) is 0 Å². The van der Waals surface area contributed by atoms with E-state index < -0.39 is 0 Å². The first kappa shape index (κ1) is 12.0. The molecule has 0 heterocycles. The first-order chi connectivity index (χ1) is 7.63. The Labute approximate surface area is 94.9 Å². The van der Waals surface area contributed by atoms with Crippen LogP contribution in [0.5, 0.6) is 5.75 Å². The fraction of sp³-hybridized carbons (Fsp3) is 0.154. The molecule has 84 valence electrons. The molecule has 2 aromatic carbocycles. The maximum Gasteiger partial charge on any atom is 0.209 e. The van der Waals surface area contributed by atoms with E-state index >= 15 is 0 Å². The summed E-state index contributed by atoms with van der Waals surface area (Å²) in [5.74, 6) is 0.323. The molecule has 0 aliphatic carbocycles. The number of fused-ring (bicyclic) bond motifs is 1. The Hall–Kier alpha value is -2.03. The van der Waals surface area contributed by atoms with Gasteiger partial charge in [-0.3, -0.25) is 4.79 Å². The number of phenolic OH excluding ortho intramolecular Hbond substituents is 1. The zero-order valence-corrected chi connectivity index (χ0v) is 9.42. The van der Waals surface area contributed by atoms with Crippen molar-refractivity contribution < 1.29 is 9.90 Å². The lowest BCUT2D eigenvalue weighted by Gasteiger charge is -1.96. The second-order valence-corrected chi connectivity index (χ2v) is 3.60. The summed E-state index contributed by atoms with van der Waals surface area (Å²) in [7, 11) is 3.38. The van der Waals surface area contributed by atoms with Crippen molar-refractivity contribution in [3.8, 4) is 5.75 Å². The molecule has 0 saturated carbocycles. The smallest absolute Gasteiger partial charge is 0.209 e. The zero-order chi connectivity index (χ0) is 12.0. The quantitative estimate of drug-likeness (QED) is 0.744. The maximum atomic E-state index is 9.43. The van der Waals surface area contributed by atoms with Gasteiger partial charge in [-0.2, -0.15) is 0 Å². The number of rotatable bonds is 1. The molecule has 3 nitrogen and oxygen atoms in total. The van der Waals surface area contributed by atoms with Gasteiger partial charge < -0.3 is 10.0 Å². The Bertz CT molecular complexity index is 466. The highest BCUT2D eigenvalue weighted by molar-refractivity contribution is 5.83. The SMILES string of the molecule is CN(C)C=O.Oc1ccc2ccccc2c1. The van der Waals surface area contributed by atoms with Crippen LogP contribution in [0.2, 0.25) is 0 Å². The molecule has 2 aromatic rings. The predicted molar refractivity (Wildman–Crippen MR) is 65.4 cm³/mol. The largest absolute Gasteiger partial charge is 0.508 e. The molecule has 1 N–H and O–H groups in total. The molecule has 0 saturated heterocycles. The van der Waals surface area contributed by atoms with E-state index in [1.165, 1.54) is 4.90 Å². The summed E-state index contributed by atoms with van der Waals surface area (Å²) in [6, 6.07) is 13.3. The van der Waals surface area contributed by atoms with Crippen LogP contribution in [0.25, 0.3) is 10.8 Å². The maximum absolute atomic E-state index is 9.43. The van der Waals surface area contributed by atoms with Gasteiger partial charge in [0, 0.05) is 14.1 Å². The number of phenols is 1. The Balaban J connectivity index is 0.000000221. The van der Waals surface area contributed by atoms with Crippen molar-refractivity contribution in [2.45, 2.75) is 0 Å². The molecule has 0 spiro atoms. The first-order valence-electron chi connectivity index (χ1n) is 4.93. The number of carbonyl (C=O) groups excluding carboxylic acids is 1. The van der Waals surface area contributed by atoms with E-state index in [1.54, 1.807) is 26.2 Å². The van der Waals surface area contributed by atoms with Gasteiger partial charge in [0.2, 0.25) is 6.41 Å². The predicted octanol–water partition coefficient (Wildman–Crippen LogP) is 2.25. The van der Waals surface area contributed by atoms with Crippen molar-refractivity contribution in [1.82, 2.24) is 4.90 Å². The van der Waals surface area contributed by atoms with Crippen LogP contribution in [-0.4, -0.2) is 30.5 Å². The third-order valence-electron chi connectivity index (χ3n) is 1.94. The monoisotopic (exact) mass is 217 g/mol. The van der Waals surface area contributed by atoms with Crippen LogP contribution in [0, 0.1) is 0 Å². The molecule has 2 rings (SSSR count). The highest BCUT2D eigenvalue weighted by Crippen LogP contribution is 2.18. The molecule has 3 heteroatoms. The Morgan fingerprint density at radius 2 is 1.62 bits per heavy atom. The molecule has 0 aliphatic rings. The van der Waals surface area contributed by atoms with E-state index in [2.05, 4.69) is 0 Å². The minimum Gasteiger partial charge on any atom is -0.508 e. The number of nitrogens with zero attached hydrogens (tertiary/aromatic N) is 1. The highest BCUT2D eigenvalue weighted by atomic mass is 16.3. The summed E-state index contributed by atoms with van der Waals surface area (Å²) < 4.78 is 0. The summed E-state index contributed by atoms with van der Waals surface area (Å²) >= 11 is 0. The lowest BCUT2D eigenvalue weighted by Crippen LogP contribution is -2.06. The lowest BCUT2D eigenvalue weighted by molar-refractivity contribution is -0.115. The van der Waals surface area contributed by atoms with E-state index in [0.29, 0.717) is 5.75 Å². The third-order valence-corrected chi connectivity index (χ3v) is 1.94. The van der Waals surface area contributed by atoms with Crippen LogP contribution in [-0.2, 0) is 4.79 Å². The second kappa shape index (κ2) is 5.75. The van der Waals surface area contributed by atoms with Crippen molar-refractivity contribution in [1.29, 1.82) is 0 Å².